The van der Waals surface area contributed by atoms with Gasteiger partial charge in [0.1, 0.15) is 10.6 Å². The lowest BCUT2D eigenvalue weighted by atomic mass is 10.2. The van der Waals surface area contributed by atoms with Gasteiger partial charge >= 0.3 is 0 Å². The SMILES string of the molecule is Fc1ccc(-n2nc(C3CC3)c3c[c]sc32)cc1. The molecule has 1 aliphatic rings. The number of nitrogens with zero attached hydrogens (tertiary/aromatic N) is 2. The van der Waals surface area contributed by atoms with Crippen LogP contribution in [0.3, 0.4) is 0 Å². The molecule has 0 atom stereocenters. The molecule has 1 aromatic carbocycles. The molecule has 2 heterocycles. The van der Waals surface area contributed by atoms with Crippen molar-refractivity contribution >= 4 is 21.6 Å². The van der Waals surface area contributed by atoms with E-state index in [2.05, 4.69) is 5.38 Å². The summed E-state index contributed by atoms with van der Waals surface area (Å²) in [4.78, 5) is 1.10. The first-order chi connectivity index (χ1) is 8.83. The zero-order valence-corrected chi connectivity index (χ0v) is 10.4. The van der Waals surface area contributed by atoms with Crippen molar-refractivity contribution in [1.29, 1.82) is 0 Å². The van der Waals surface area contributed by atoms with Gasteiger partial charge in [0.2, 0.25) is 0 Å². The van der Waals surface area contributed by atoms with Gasteiger partial charge in [-0.3, -0.25) is 0 Å². The maximum atomic E-state index is 13.0. The molecule has 0 amide bonds. The van der Waals surface area contributed by atoms with Gasteiger partial charge in [0.05, 0.1) is 11.4 Å². The first-order valence-corrected chi connectivity index (χ1v) is 6.79. The van der Waals surface area contributed by atoms with Crippen LogP contribution in [0.4, 0.5) is 4.39 Å². The fraction of sp³-hybridized carbons (Fsp3) is 0.214. The van der Waals surface area contributed by atoms with E-state index < -0.39 is 0 Å². The number of hydrogen-bond donors (Lipinski definition) is 0. The summed E-state index contributed by atoms with van der Waals surface area (Å²) in [5, 5.41) is 9.07. The molecule has 89 valence electrons. The van der Waals surface area contributed by atoms with Crippen molar-refractivity contribution in [1.82, 2.24) is 9.78 Å². The largest absolute Gasteiger partial charge is 0.223 e. The summed E-state index contributed by atoms with van der Waals surface area (Å²) in [5.41, 5.74) is 2.08. The Morgan fingerprint density at radius 2 is 2.06 bits per heavy atom. The maximum Gasteiger partial charge on any atom is 0.128 e. The van der Waals surface area contributed by atoms with Gasteiger partial charge in [-0.25, -0.2) is 9.07 Å². The topological polar surface area (TPSA) is 17.8 Å². The van der Waals surface area contributed by atoms with Gasteiger partial charge in [-0.15, -0.1) is 11.3 Å². The molecule has 1 saturated carbocycles. The number of hydrogen-bond acceptors (Lipinski definition) is 2. The molecule has 18 heavy (non-hydrogen) atoms. The molecule has 3 aromatic rings. The van der Waals surface area contributed by atoms with Crippen LogP contribution in [0.2, 0.25) is 0 Å². The van der Waals surface area contributed by atoms with E-state index >= 15 is 0 Å². The molecular formula is C14H10FN2S. The molecule has 0 unspecified atom stereocenters. The lowest BCUT2D eigenvalue weighted by Gasteiger charge is -2.01. The molecule has 1 aliphatic carbocycles. The van der Waals surface area contributed by atoms with E-state index in [9.17, 15) is 4.39 Å². The molecule has 4 rings (SSSR count). The number of fused-ring (bicyclic) bond motifs is 1. The average Bonchev–Trinajstić information content (AvgIpc) is 2.99. The number of benzene rings is 1. The van der Waals surface area contributed by atoms with Crippen molar-refractivity contribution in [3.05, 3.63) is 47.2 Å². The third kappa shape index (κ3) is 1.49. The highest BCUT2D eigenvalue weighted by Gasteiger charge is 2.29. The predicted octanol–water partition coefficient (Wildman–Crippen LogP) is 3.90. The fourth-order valence-corrected chi connectivity index (χ4v) is 3.02. The summed E-state index contributed by atoms with van der Waals surface area (Å²) in [6, 6.07) is 8.48. The van der Waals surface area contributed by atoms with Crippen LogP contribution in [0, 0.1) is 11.2 Å². The summed E-state index contributed by atoms with van der Waals surface area (Å²) in [6.45, 7) is 0. The van der Waals surface area contributed by atoms with Crippen molar-refractivity contribution < 1.29 is 4.39 Å². The Morgan fingerprint density at radius 3 is 2.78 bits per heavy atom. The Hall–Kier alpha value is -1.68. The van der Waals surface area contributed by atoms with Crippen molar-refractivity contribution in [2.24, 2.45) is 0 Å². The highest BCUT2D eigenvalue weighted by Crippen LogP contribution is 2.43. The third-order valence-corrected chi connectivity index (χ3v) is 4.12. The van der Waals surface area contributed by atoms with E-state index in [4.69, 9.17) is 5.10 Å². The van der Waals surface area contributed by atoms with Gasteiger partial charge in [-0.2, -0.15) is 5.10 Å². The maximum absolute atomic E-state index is 13.0. The van der Waals surface area contributed by atoms with Gasteiger partial charge in [-0.1, -0.05) is 0 Å². The monoisotopic (exact) mass is 257 g/mol. The number of rotatable bonds is 2. The van der Waals surface area contributed by atoms with Crippen molar-refractivity contribution in [2.75, 3.05) is 0 Å². The zero-order chi connectivity index (χ0) is 12.1. The molecule has 0 saturated heterocycles. The molecule has 1 fully saturated rings. The molecule has 2 aromatic heterocycles. The smallest absolute Gasteiger partial charge is 0.128 e. The molecule has 0 bridgehead atoms. The number of aromatic nitrogens is 2. The van der Waals surface area contributed by atoms with E-state index in [0.717, 1.165) is 10.5 Å². The first-order valence-electron chi connectivity index (χ1n) is 5.97. The first kappa shape index (κ1) is 10.3. The van der Waals surface area contributed by atoms with Crippen LogP contribution in [0.25, 0.3) is 15.9 Å². The third-order valence-electron chi connectivity index (χ3n) is 3.30. The summed E-state index contributed by atoms with van der Waals surface area (Å²) >= 11 is 1.56. The molecule has 4 heteroatoms. The number of halogens is 1. The van der Waals surface area contributed by atoms with Crippen molar-refractivity contribution in [3.8, 4) is 5.69 Å². The lowest BCUT2D eigenvalue weighted by molar-refractivity contribution is 0.627. The molecule has 0 spiro atoms. The highest BCUT2D eigenvalue weighted by atomic mass is 32.1. The second-order valence-corrected chi connectivity index (χ2v) is 5.46. The molecule has 0 aliphatic heterocycles. The van der Waals surface area contributed by atoms with Gasteiger partial charge in [0, 0.05) is 16.7 Å². The Morgan fingerprint density at radius 1 is 1.28 bits per heavy atom. The van der Waals surface area contributed by atoms with E-state index in [-0.39, 0.29) is 5.82 Å². The Kier molecular flexibility index (Phi) is 2.08. The van der Waals surface area contributed by atoms with E-state index in [0.29, 0.717) is 5.92 Å². The Balaban J connectivity index is 1.93. The van der Waals surface area contributed by atoms with Crippen LogP contribution < -0.4 is 0 Å². The van der Waals surface area contributed by atoms with E-state index in [1.807, 2.05) is 10.7 Å². The van der Waals surface area contributed by atoms with Gasteiger partial charge in [0.25, 0.3) is 0 Å². The Labute approximate surface area is 108 Å². The molecule has 0 N–H and O–H groups in total. The summed E-state index contributed by atoms with van der Waals surface area (Å²) in [5.74, 6) is 0.388. The number of thiophene rings is 1. The van der Waals surface area contributed by atoms with Crippen molar-refractivity contribution in [2.45, 2.75) is 18.8 Å². The fourth-order valence-electron chi connectivity index (χ4n) is 2.22. The predicted molar refractivity (Wildman–Crippen MR) is 69.7 cm³/mol. The quantitative estimate of drug-likeness (QED) is 0.680. The van der Waals surface area contributed by atoms with Gasteiger partial charge < -0.3 is 0 Å². The normalized spacial score (nSPS) is 15.4. The average molecular weight is 257 g/mol. The highest BCUT2D eigenvalue weighted by molar-refractivity contribution is 7.16. The molecular weight excluding hydrogens is 247 g/mol. The minimum absolute atomic E-state index is 0.220. The van der Waals surface area contributed by atoms with Crippen LogP contribution in [-0.2, 0) is 0 Å². The second kappa shape index (κ2) is 3.65. The van der Waals surface area contributed by atoms with Gasteiger partial charge in [-0.05, 0) is 43.2 Å². The summed E-state index contributed by atoms with van der Waals surface area (Å²) < 4.78 is 14.9. The van der Waals surface area contributed by atoms with Crippen LogP contribution in [0.5, 0.6) is 0 Å². The van der Waals surface area contributed by atoms with Gasteiger partial charge in [0.15, 0.2) is 0 Å². The second-order valence-electron chi connectivity index (χ2n) is 4.63. The van der Waals surface area contributed by atoms with Crippen LogP contribution in [-0.4, -0.2) is 9.78 Å². The zero-order valence-electron chi connectivity index (χ0n) is 9.56. The van der Waals surface area contributed by atoms with Crippen molar-refractivity contribution in [3.63, 3.8) is 0 Å². The summed E-state index contributed by atoms with van der Waals surface area (Å²) in [7, 11) is 0. The van der Waals surface area contributed by atoms with E-state index in [1.54, 1.807) is 23.5 Å². The minimum Gasteiger partial charge on any atom is -0.223 e. The van der Waals surface area contributed by atoms with Crippen LogP contribution >= 0.6 is 11.3 Å². The lowest BCUT2D eigenvalue weighted by Crippen LogP contribution is -1.96. The Bertz CT molecular complexity index is 707. The summed E-state index contributed by atoms with van der Waals surface area (Å²) in [6.07, 6.45) is 2.46. The van der Waals surface area contributed by atoms with Crippen LogP contribution in [0.15, 0.2) is 30.3 Å². The standard InChI is InChI=1S/C14H10FN2S/c15-10-3-5-11(6-4-10)17-14-12(7-8-18-14)13(16-17)9-1-2-9/h3-7,9H,1-2H2. The minimum atomic E-state index is -0.220. The van der Waals surface area contributed by atoms with E-state index in [1.165, 1.54) is 36.1 Å². The van der Waals surface area contributed by atoms with Crippen LogP contribution in [0.1, 0.15) is 24.5 Å². The molecule has 2 nitrogen and oxygen atoms in total. The molecule has 1 radical (unpaired) electrons.